The monoisotopic (exact) mass is 321 g/mol. The van der Waals surface area contributed by atoms with Gasteiger partial charge >= 0.3 is 0 Å². The van der Waals surface area contributed by atoms with Crippen LogP contribution in [0.1, 0.15) is 18.9 Å². The summed E-state index contributed by atoms with van der Waals surface area (Å²) < 4.78 is 16.9. The van der Waals surface area contributed by atoms with Gasteiger partial charge in [-0.2, -0.15) is 0 Å². The largest absolute Gasteiger partial charge is 0.485 e. The van der Waals surface area contributed by atoms with Crippen LogP contribution in [0.2, 0.25) is 0 Å². The van der Waals surface area contributed by atoms with Crippen LogP contribution in [0.25, 0.3) is 0 Å². The van der Waals surface area contributed by atoms with Crippen molar-refractivity contribution in [1.29, 1.82) is 0 Å². The number of ether oxygens (including phenoxy) is 2. The Morgan fingerprint density at radius 2 is 2.18 bits per heavy atom. The number of nitrogens with zero attached hydrogens (tertiary/aromatic N) is 2. The summed E-state index contributed by atoms with van der Waals surface area (Å²) >= 11 is 1.19. The first-order chi connectivity index (χ1) is 10.8. The minimum Gasteiger partial charge on any atom is -0.485 e. The van der Waals surface area contributed by atoms with Crippen molar-refractivity contribution in [3.63, 3.8) is 0 Å². The molecule has 116 valence electrons. The van der Waals surface area contributed by atoms with E-state index in [9.17, 15) is 4.79 Å². The third-order valence-corrected chi connectivity index (χ3v) is 3.73. The highest BCUT2D eigenvalue weighted by Crippen LogP contribution is 2.35. The predicted molar refractivity (Wildman–Crippen MR) is 79.0 cm³/mol. The number of rotatable bonds is 5. The number of aromatic nitrogens is 2. The lowest BCUT2D eigenvalue weighted by molar-refractivity contribution is -0.118. The lowest BCUT2D eigenvalue weighted by Crippen LogP contribution is -2.24. The molecule has 2 aromatic rings. The van der Waals surface area contributed by atoms with Gasteiger partial charge in [0.25, 0.3) is 11.1 Å². The molecule has 1 aliphatic rings. The fourth-order valence-electron chi connectivity index (χ4n) is 1.93. The van der Waals surface area contributed by atoms with Gasteiger partial charge in [0.2, 0.25) is 12.0 Å². The molecule has 8 heteroatoms. The molecule has 3 rings (SSSR count). The molecule has 0 spiro atoms. The summed E-state index contributed by atoms with van der Waals surface area (Å²) in [7, 11) is 0. The molecule has 1 atom stereocenters. The van der Waals surface area contributed by atoms with Crippen LogP contribution in [0.3, 0.4) is 0 Å². The van der Waals surface area contributed by atoms with Crippen LogP contribution in [-0.2, 0) is 4.79 Å². The van der Waals surface area contributed by atoms with Gasteiger partial charge in [0, 0.05) is 6.54 Å². The first kappa shape index (κ1) is 14.7. The van der Waals surface area contributed by atoms with Crippen LogP contribution in [0.15, 0.2) is 33.9 Å². The summed E-state index contributed by atoms with van der Waals surface area (Å²) in [4.78, 5) is 11.4. The molecule has 1 N–H and O–H groups in total. The molecule has 7 nitrogen and oxygen atoms in total. The van der Waals surface area contributed by atoms with E-state index in [1.54, 1.807) is 0 Å². The van der Waals surface area contributed by atoms with E-state index in [-0.39, 0.29) is 11.7 Å². The van der Waals surface area contributed by atoms with E-state index in [4.69, 9.17) is 13.9 Å². The normalized spacial score (nSPS) is 16.3. The van der Waals surface area contributed by atoms with Crippen molar-refractivity contribution < 1.29 is 18.7 Å². The quantitative estimate of drug-likeness (QED) is 0.840. The number of para-hydroxylation sites is 2. The summed E-state index contributed by atoms with van der Waals surface area (Å²) in [5, 5.41) is 10.9. The van der Waals surface area contributed by atoms with Crippen molar-refractivity contribution in [2.45, 2.75) is 18.3 Å². The molecule has 1 amide bonds. The molecule has 1 aromatic heterocycles. The maximum absolute atomic E-state index is 11.4. The van der Waals surface area contributed by atoms with E-state index in [1.807, 2.05) is 31.2 Å². The second-order valence-corrected chi connectivity index (χ2v) is 5.44. The Labute approximate surface area is 131 Å². The van der Waals surface area contributed by atoms with E-state index in [0.717, 1.165) is 0 Å². The lowest BCUT2D eigenvalue weighted by Gasteiger charge is -2.23. The summed E-state index contributed by atoms with van der Waals surface area (Å²) in [6, 6.07) is 7.41. The zero-order valence-electron chi connectivity index (χ0n) is 11.9. The van der Waals surface area contributed by atoms with Crippen LogP contribution >= 0.6 is 11.8 Å². The third-order valence-electron chi connectivity index (χ3n) is 2.91. The van der Waals surface area contributed by atoms with Crippen molar-refractivity contribution in [2.75, 3.05) is 18.9 Å². The van der Waals surface area contributed by atoms with E-state index in [0.29, 0.717) is 35.8 Å². The molecule has 0 saturated heterocycles. The number of hydrogen-bond acceptors (Lipinski definition) is 7. The third kappa shape index (κ3) is 3.33. The fraction of sp³-hybridized carbons (Fsp3) is 0.357. The Morgan fingerprint density at radius 3 is 3.00 bits per heavy atom. The van der Waals surface area contributed by atoms with E-state index in [2.05, 4.69) is 15.5 Å². The molecule has 0 aliphatic carbocycles. The molecule has 2 heterocycles. The van der Waals surface area contributed by atoms with Gasteiger partial charge in [-0.1, -0.05) is 23.9 Å². The standard InChI is InChI=1S/C14H15N3O4S/c1-2-15-12(18)8-22-14-17-16-13(21-14)11-7-19-9-5-3-4-6-10(9)20-11/h3-6,11H,2,7-8H2,1H3,(H,15,18)/t11-/m1/s1. The molecule has 0 bridgehead atoms. The van der Waals surface area contributed by atoms with Crippen molar-refractivity contribution >= 4 is 17.7 Å². The Morgan fingerprint density at radius 1 is 1.36 bits per heavy atom. The summed E-state index contributed by atoms with van der Waals surface area (Å²) in [5.41, 5.74) is 0. The zero-order valence-corrected chi connectivity index (χ0v) is 12.8. The second-order valence-electron chi connectivity index (χ2n) is 4.51. The molecule has 0 radical (unpaired) electrons. The molecule has 1 aromatic carbocycles. The zero-order chi connectivity index (χ0) is 15.4. The molecular weight excluding hydrogens is 306 g/mol. The van der Waals surface area contributed by atoms with Crippen LogP contribution in [0.5, 0.6) is 11.5 Å². The summed E-state index contributed by atoms with van der Waals surface area (Å²) in [6.07, 6.45) is -0.443. The molecular formula is C14H15N3O4S. The van der Waals surface area contributed by atoms with Crippen LogP contribution < -0.4 is 14.8 Å². The van der Waals surface area contributed by atoms with Crippen molar-refractivity contribution in [2.24, 2.45) is 0 Å². The topological polar surface area (TPSA) is 86.5 Å². The van der Waals surface area contributed by atoms with Crippen LogP contribution in [0.4, 0.5) is 0 Å². The van der Waals surface area contributed by atoms with Gasteiger partial charge in [-0.05, 0) is 19.1 Å². The predicted octanol–water partition coefficient (Wildman–Crippen LogP) is 1.81. The van der Waals surface area contributed by atoms with Gasteiger partial charge in [-0.15, -0.1) is 10.2 Å². The number of thioether (sulfide) groups is 1. The summed E-state index contributed by atoms with van der Waals surface area (Å²) in [6.45, 7) is 2.77. The van der Waals surface area contributed by atoms with Crippen molar-refractivity contribution in [3.05, 3.63) is 30.2 Å². The van der Waals surface area contributed by atoms with Gasteiger partial charge in [0.1, 0.15) is 6.61 Å². The van der Waals surface area contributed by atoms with Crippen LogP contribution in [-0.4, -0.2) is 35.0 Å². The average molecular weight is 321 g/mol. The van der Waals surface area contributed by atoms with Gasteiger partial charge in [0.15, 0.2) is 11.5 Å². The Balaban J connectivity index is 1.61. The fourth-order valence-corrected chi connectivity index (χ4v) is 2.53. The number of amides is 1. The number of nitrogens with one attached hydrogen (secondary N) is 1. The lowest BCUT2D eigenvalue weighted by atomic mass is 10.2. The highest BCUT2D eigenvalue weighted by molar-refractivity contribution is 7.99. The summed E-state index contributed by atoms with van der Waals surface area (Å²) in [5.74, 6) is 1.85. The first-order valence-corrected chi connectivity index (χ1v) is 7.86. The number of fused-ring (bicyclic) bond motifs is 1. The molecule has 22 heavy (non-hydrogen) atoms. The molecule has 1 aliphatic heterocycles. The minimum atomic E-state index is -0.443. The highest BCUT2D eigenvalue weighted by Gasteiger charge is 2.27. The van der Waals surface area contributed by atoms with Gasteiger partial charge < -0.3 is 19.2 Å². The SMILES string of the molecule is CCNC(=O)CSc1nnc([C@H]2COc3ccccc3O2)o1. The van der Waals surface area contributed by atoms with Crippen LogP contribution in [0, 0.1) is 0 Å². The number of carbonyl (C=O) groups is 1. The second kappa shape index (κ2) is 6.69. The van der Waals surface area contributed by atoms with Gasteiger partial charge in [-0.3, -0.25) is 4.79 Å². The Kier molecular flexibility index (Phi) is 4.47. The van der Waals surface area contributed by atoms with Crippen molar-refractivity contribution in [3.8, 4) is 11.5 Å². The first-order valence-electron chi connectivity index (χ1n) is 6.87. The number of hydrogen-bond donors (Lipinski definition) is 1. The maximum atomic E-state index is 11.4. The maximum Gasteiger partial charge on any atom is 0.277 e. The van der Waals surface area contributed by atoms with E-state index < -0.39 is 6.10 Å². The molecule has 0 saturated carbocycles. The number of carbonyl (C=O) groups excluding carboxylic acids is 1. The average Bonchev–Trinajstić information content (AvgIpc) is 3.02. The minimum absolute atomic E-state index is 0.0709. The highest BCUT2D eigenvalue weighted by atomic mass is 32.2. The molecule has 0 unspecified atom stereocenters. The number of benzene rings is 1. The van der Waals surface area contributed by atoms with E-state index >= 15 is 0 Å². The Hall–Kier alpha value is -2.22. The van der Waals surface area contributed by atoms with E-state index in [1.165, 1.54) is 11.8 Å². The van der Waals surface area contributed by atoms with Crippen molar-refractivity contribution in [1.82, 2.24) is 15.5 Å². The van der Waals surface area contributed by atoms with Gasteiger partial charge in [-0.25, -0.2) is 0 Å². The molecule has 0 fully saturated rings. The smallest absolute Gasteiger partial charge is 0.277 e. The Bertz CT molecular complexity index is 661. The van der Waals surface area contributed by atoms with Gasteiger partial charge in [0.05, 0.1) is 5.75 Å².